The van der Waals surface area contributed by atoms with E-state index < -0.39 is 18.2 Å². The molecule has 34 heavy (non-hydrogen) atoms. The van der Waals surface area contributed by atoms with Crippen molar-refractivity contribution in [2.75, 3.05) is 18.5 Å². The summed E-state index contributed by atoms with van der Waals surface area (Å²) < 4.78 is 44.5. The summed E-state index contributed by atoms with van der Waals surface area (Å²) in [5.74, 6) is -0.823. The molecule has 2 aromatic heterocycles. The molecule has 0 bridgehead atoms. The Bertz CT molecular complexity index is 1040. The maximum Gasteiger partial charge on any atom is 0.408 e. The van der Waals surface area contributed by atoms with Gasteiger partial charge in [-0.2, -0.15) is 13.2 Å². The summed E-state index contributed by atoms with van der Waals surface area (Å²) in [6.07, 6.45) is -0.319. The highest BCUT2D eigenvalue weighted by molar-refractivity contribution is 7.17. The summed E-state index contributed by atoms with van der Waals surface area (Å²) in [7, 11) is 0. The molecule has 1 N–H and O–H groups in total. The quantitative estimate of drug-likeness (QED) is 0.511. The van der Waals surface area contributed by atoms with Gasteiger partial charge in [0.15, 0.2) is 0 Å². The monoisotopic (exact) mass is 498 g/mol. The van der Waals surface area contributed by atoms with Gasteiger partial charge in [0.25, 0.3) is 5.91 Å². The molecule has 7 nitrogen and oxygen atoms in total. The summed E-state index contributed by atoms with van der Waals surface area (Å²) in [6.45, 7) is 7.59. The lowest BCUT2D eigenvalue weighted by atomic mass is 10.0. The molecular weight excluding hydrogens is 469 g/mol. The number of amides is 1. The smallest absolute Gasteiger partial charge is 0.408 e. The average Bonchev–Trinajstić information content (AvgIpc) is 3.22. The molecule has 3 rings (SSSR count). The van der Waals surface area contributed by atoms with E-state index in [2.05, 4.69) is 15.3 Å². The number of halogens is 3. The van der Waals surface area contributed by atoms with E-state index in [0.29, 0.717) is 22.5 Å². The second-order valence-electron chi connectivity index (χ2n) is 8.29. The van der Waals surface area contributed by atoms with Gasteiger partial charge in [0.1, 0.15) is 17.6 Å². The van der Waals surface area contributed by atoms with Crippen molar-refractivity contribution in [3.05, 3.63) is 28.5 Å². The van der Waals surface area contributed by atoms with Gasteiger partial charge >= 0.3 is 12.1 Å². The van der Waals surface area contributed by atoms with Gasteiger partial charge < -0.3 is 15.0 Å². The lowest BCUT2D eigenvalue weighted by molar-refractivity contribution is -0.142. The third kappa shape index (κ3) is 5.68. The van der Waals surface area contributed by atoms with Gasteiger partial charge in [-0.1, -0.05) is 6.92 Å². The van der Waals surface area contributed by atoms with Crippen LogP contribution in [0.15, 0.2) is 12.3 Å². The molecular formula is C23H29F3N4O3S. The highest BCUT2D eigenvalue weighted by Crippen LogP contribution is 2.35. The van der Waals surface area contributed by atoms with Crippen molar-refractivity contribution in [2.24, 2.45) is 0 Å². The van der Waals surface area contributed by atoms with Crippen molar-refractivity contribution in [1.82, 2.24) is 14.9 Å². The summed E-state index contributed by atoms with van der Waals surface area (Å²) >= 11 is 1.02. The number of carbonyl (C=O) groups excluding carboxylic acids is 2. The number of carbonyl (C=O) groups is 2. The summed E-state index contributed by atoms with van der Waals surface area (Å²) in [5.41, 5.74) is 1.27. The highest BCUT2D eigenvalue weighted by Gasteiger charge is 2.38. The van der Waals surface area contributed by atoms with E-state index in [-0.39, 0.29) is 41.5 Å². The number of hydrogen-bond donors (Lipinski definition) is 1. The van der Waals surface area contributed by atoms with Crippen molar-refractivity contribution in [2.45, 2.75) is 71.6 Å². The third-order valence-corrected chi connectivity index (χ3v) is 6.89. The number of hydrogen-bond acceptors (Lipinski definition) is 7. The predicted molar refractivity (Wildman–Crippen MR) is 124 cm³/mol. The van der Waals surface area contributed by atoms with Crippen LogP contribution in [-0.4, -0.2) is 58.2 Å². The number of piperidine rings is 1. The summed E-state index contributed by atoms with van der Waals surface area (Å²) in [5, 5.41) is 2.48. The Kier molecular flexibility index (Phi) is 8.17. The standard InChI is InChI=1S/C23H29F3N4O3S/c1-5-16(23(24,25)26)28-17-11-13(3)15(12-27-17)19-18(29-20(34-19)22(32)33-6-2)21(31)30-10-8-7-9-14(30)4/h11-12,14,16H,5-10H2,1-4H3,(H,27,28)/t14-,16-/m0/s1. The van der Waals surface area contributed by atoms with Crippen LogP contribution >= 0.6 is 11.3 Å². The molecule has 0 radical (unpaired) electrons. The molecule has 0 aromatic carbocycles. The minimum atomic E-state index is -4.40. The maximum atomic E-state index is 13.4. The highest BCUT2D eigenvalue weighted by atomic mass is 32.1. The molecule has 1 saturated heterocycles. The zero-order chi connectivity index (χ0) is 25.0. The SMILES string of the molecule is CCOC(=O)c1nc(C(=O)N2CCCC[C@@H]2C)c(-c2cnc(N[C@@H](CC)C(F)(F)F)cc2C)s1. The minimum absolute atomic E-state index is 0.0426. The molecule has 0 saturated carbocycles. The van der Waals surface area contributed by atoms with Crippen LogP contribution < -0.4 is 5.32 Å². The van der Waals surface area contributed by atoms with Gasteiger partial charge in [-0.05, 0) is 58.1 Å². The van der Waals surface area contributed by atoms with Gasteiger partial charge in [0, 0.05) is 24.3 Å². The van der Waals surface area contributed by atoms with Gasteiger partial charge in [0.05, 0.1) is 11.5 Å². The normalized spacial score (nSPS) is 17.4. The van der Waals surface area contributed by atoms with E-state index in [0.717, 1.165) is 30.6 Å². The summed E-state index contributed by atoms with van der Waals surface area (Å²) in [6, 6.07) is -0.173. The number of nitrogens with zero attached hydrogens (tertiary/aromatic N) is 3. The van der Waals surface area contributed by atoms with Crippen molar-refractivity contribution in [3.8, 4) is 10.4 Å². The number of alkyl halides is 3. The fourth-order valence-electron chi connectivity index (χ4n) is 3.93. The third-order valence-electron chi connectivity index (χ3n) is 5.82. The molecule has 0 unspecified atom stereocenters. The molecule has 1 amide bonds. The number of nitrogens with one attached hydrogen (secondary N) is 1. The van der Waals surface area contributed by atoms with Gasteiger partial charge in [0.2, 0.25) is 5.01 Å². The van der Waals surface area contributed by atoms with E-state index in [1.165, 1.54) is 19.2 Å². The second-order valence-corrected chi connectivity index (χ2v) is 9.29. The number of rotatable bonds is 7. The molecule has 0 aliphatic carbocycles. The lowest BCUT2D eigenvalue weighted by Gasteiger charge is -2.33. The number of aryl methyl sites for hydroxylation is 1. The van der Waals surface area contributed by atoms with Crippen LogP contribution in [0.3, 0.4) is 0 Å². The number of pyridine rings is 1. The second kappa shape index (κ2) is 10.7. The largest absolute Gasteiger partial charge is 0.461 e. The van der Waals surface area contributed by atoms with E-state index >= 15 is 0 Å². The van der Waals surface area contributed by atoms with Crippen molar-refractivity contribution in [1.29, 1.82) is 0 Å². The zero-order valence-corrected chi connectivity index (χ0v) is 20.5. The number of likely N-dealkylation sites (tertiary alicyclic amines) is 1. The Labute approximate surface area is 200 Å². The van der Waals surface area contributed by atoms with Crippen LogP contribution in [0.4, 0.5) is 19.0 Å². The number of anilines is 1. The van der Waals surface area contributed by atoms with E-state index in [1.54, 1.807) is 18.7 Å². The molecule has 3 heterocycles. The Morgan fingerprint density at radius 2 is 2.06 bits per heavy atom. The number of thiazole rings is 1. The molecule has 1 aliphatic heterocycles. The van der Waals surface area contributed by atoms with Crippen LogP contribution in [0, 0.1) is 6.92 Å². The van der Waals surface area contributed by atoms with Gasteiger partial charge in [-0.25, -0.2) is 14.8 Å². The maximum absolute atomic E-state index is 13.4. The first-order valence-electron chi connectivity index (χ1n) is 11.4. The van der Waals surface area contributed by atoms with E-state index in [1.807, 2.05) is 6.92 Å². The number of ether oxygens (including phenoxy) is 1. The van der Waals surface area contributed by atoms with Gasteiger partial charge in [-0.3, -0.25) is 4.79 Å². The lowest BCUT2D eigenvalue weighted by Crippen LogP contribution is -2.42. The zero-order valence-electron chi connectivity index (χ0n) is 19.7. The molecule has 2 atom stereocenters. The molecule has 186 valence electrons. The van der Waals surface area contributed by atoms with Crippen LogP contribution in [-0.2, 0) is 4.74 Å². The minimum Gasteiger partial charge on any atom is -0.461 e. The topological polar surface area (TPSA) is 84.4 Å². The number of esters is 1. The van der Waals surface area contributed by atoms with Crippen molar-refractivity contribution < 1.29 is 27.5 Å². The molecule has 0 spiro atoms. The Morgan fingerprint density at radius 3 is 2.65 bits per heavy atom. The Morgan fingerprint density at radius 1 is 1.32 bits per heavy atom. The fourth-order valence-corrected chi connectivity index (χ4v) is 4.96. The van der Waals surface area contributed by atoms with Crippen LogP contribution in [0.25, 0.3) is 10.4 Å². The van der Waals surface area contributed by atoms with Crippen molar-refractivity contribution in [3.63, 3.8) is 0 Å². The molecule has 1 aliphatic rings. The molecule has 1 fully saturated rings. The first kappa shape index (κ1) is 25.9. The summed E-state index contributed by atoms with van der Waals surface area (Å²) in [4.78, 5) is 36.5. The Balaban J connectivity index is 2.00. The van der Waals surface area contributed by atoms with Crippen molar-refractivity contribution >= 4 is 29.0 Å². The average molecular weight is 499 g/mol. The first-order chi connectivity index (χ1) is 16.1. The van der Waals surface area contributed by atoms with E-state index in [4.69, 9.17) is 4.74 Å². The van der Waals surface area contributed by atoms with E-state index in [9.17, 15) is 22.8 Å². The first-order valence-corrected chi connectivity index (χ1v) is 12.2. The van der Waals surface area contributed by atoms with Crippen LogP contribution in [0.1, 0.15) is 72.3 Å². The van der Waals surface area contributed by atoms with Crippen LogP contribution in [0.2, 0.25) is 0 Å². The van der Waals surface area contributed by atoms with Crippen LogP contribution in [0.5, 0.6) is 0 Å². The predicted octanol–water partition coefficient (Wildman–Crippen LogP) is 5.46. The van der Waals surface area contributed by atoms with Gasteiger partial charge in [-0.15, -0.1) is 11.3 Å². The number of aromatic nitrogens is 2. The Hall–Kier alpha value is -2.69. The molecule has 11 heteroatoms. The molecule has 2 aromatic rings. The fraction of sp³-hybridized carbons (Fsp3) is 0.565.